The zero-order valence-corrected chi connectivity index (χ0v) is 17.4. The Hall–Kier alpha value is -2.99. The van der Waals surface area contributed by atoms with Gasteiger partial charge in [0.1, 0.15) is 11.5 Å². The van der Waals surface area contributed by atoms with E-state index in [-0.39, 0.29) is 12.5 Å². The minimum atomic E-state index is -0.0624. The first-order valence-corrected chi connectivity index (χ1v) is 10.6. The molecule has 1 fully saturated rings. The molecule has 1 saturated heterocycles. The van der Waals surface area contributed by atoms with Crippen molar-refractivity contribution in [2.75, 3.05) is 29.9 Å². The molecule has 6 heteroatoms. The van der Waals surface area contributed by atoms with E-state index < -0.39 is 0 Å². The van der Waals surface area contributed by atoms with Crippen LogP contribution >= 0.6 is 0 Å². The standard InChI is InChI=1S/C24H29N3O3/c1-19-10-12-27(13-11-19)21-8-6-20(7-9-21)25-24(28)18-26(16-22-4-2-14-29-22)17-23-5-3-15-30-23/h2-9,14-15,19H,10-13,16-18H2,1H3,(H,25,28). The average molecular weight is 408 g/mol. The van der Waals surface area contributed by atoms with Gasteiger partial charge in [-0.25, -0.2) is 0 Å². The van der Waals surface area contributed by atoms with Gasteiger partial charge >= 0.3 is 0 Å². The highest BCUT2D eigenvalue weighted by Gasteiger charge is 2.17. The van der Waals surface area contributed by atoms with Crippen LogP contribution in [0.1, 0.15) is 31.3 Å². The first-order chi connectivity index (χ1) is 14.7. The van der Waals surface area contributed by atoms with Gasteiger partial charge in [-0.1, -0.05) is 6.92 Å². The van der Waals surface area contributed by atoms with E-state index in [0.717, 1.165) is 36.2 Å². The summed E-state index contributed by atoms with van der Waals surface area (Å²) in [6.07, 6.45) is 5.76. The number of benzene rings is 1. The Balaban J connectivity index is 1.34. The van der Waals surface area contributed by atoms with Gasteiger partial charge in [0, 0.05) is 24.5 Å². The topological polar surface area (TPSA) is 61.9 Å². The van der Waals surface area contributed by atoms with Crippen molar-refractivity contribution in [3.8, 4) is 0 Å². The van der Waals surface area contributed by atoms with Crippen LogP contribution in [0.2, 0.25) is 0 Å². The van der Waals surface area contributed by atoms with Crippen molar-refractivity contribution in [3.63, 3.8) is 0 Å². The summed E-state index contributed by atoms with van der Waals surface area (Å²) < 4.78 is 10.9. The lowest BCUT2D eigenvalue weighted by molar-refractivity contribution is -0.117. The van der Waals surface area contributed by atoms with Gasteiger partial charge in [0.2, 0.25) is 5.91 Å². The van der Waals surface area contributed by atoms with E-state index in [4.69, 9.17) is 8.83 Å². The molecule has 0 radical (unpaired) electrons. The summed E-state index contributed by atoms with van der Waals surface area (Å²) in [5, 5.41) is 3.01. The second-order valence-electron chi connectivity index (χ2n) is 8.07. The molecule has 1 aromatic carbocycles. The van der Waals surface area contributed by atoms with Crippen LogP contribution in [0, 0.1) is 5.92 Å². The van der Waals surface area contributed by atoms with Crippen molar-refractivity contribution in [1.82, 2.24) is 4.90 Å². The Labute approximate surface area is 177 Å². The monoisotopic (exact) mass is 407 g/mol. The second kappa shape index (κ2) is 9.67. The number of rotatable bonds is 8. The van der Waals surface area contributed by atoms with Gasteiger partial charge in [-0.15, -0.1) is 0 Å². The van der Waals surface area contributed by atoms with Gasteiger partial charge in [0.25, 0.3) is 0 Å². The lowest BCUT2D eigenvalue weighted by Gasteiger charge is -2.32. The fourth-order valence-electron chi connectivity index (χ4n) is 3.84. The molecule has 2 aromatic heterocycles. The highest BCUT2D eigenvalue weighted by Crippen LogP contribution is 2.24. The lowest BCUT2D eigenvalue weighted by Crippen LogP contribution is -2.33. The molecule has 0 atom stereocenters. The van der Waals surface area contributed by atoms with Crippen LogP contribution in [-0.2, 0) is 17.9 Å². The molecule has 1 aliphatic rings. The quantitative estimate of drug-likeness (QED) is 0.584. The number of piperidine rings is 1. The largest absolute Gasteiger partial charge is 0.468 e. The van der Waals surface area contributed by atoms with Gasteiger partial charge in [0.15, 0.2) is 0 Å². The molecule has 0 spiro atoms. The zero-order chi connectivity index (χ0) is 20.8. The smallest absolute Gasteiger partial charge is 0.238 e. The predicted octanol–water partition coefficient (Wildman–Crippen LogP) is 4.75. The maximum Gasteiger partial charge on any atom is 0.238 e. The number of carbonyl (C=O) groups excluding carboxylic acids is 1. The maximum atomic E-state index is 12.7. The summed E-state index contributed by atoms with van der Waals surface area (Å²) in [5.74, 6) is 2.38. The van der Waals surface area contributed by atoms with Gasteiger partial charge in [-0.3, -0.25) is 9.69 Å². The van der Waals surface area contributed by atoms with E-state index in [0.29, 0.717) is 13.1 Å². The van der Waals surface area contributed by atoms with Crippen molar-refractivity contribution in [2.45, 2.75) is 32.9 Å². The third kappa shape index (κ3) is 5.54. The number of anilines is 2. The number of hydrogen-bond donors (Lipinski definition) is 1. The van der Waals surface area contributed by atoms with E-state index in [1.807, 2.05) is 41.3 Å². The van der Waals surface area contributed by atoms with Gasteiger partial charge < -0.3 is 19.1 Å². The number of nitrogens with zero attached hydrogens (tertiary/aromatic N) is 2. The van der Waals surface area contributed by atoms with E-state index >= 15 is 0 Å². The Morgan fingerprint density at radius 2 is 1.60 bits per heavy atom. The third-order valence-electron chi connectivity index (χ3n) is 5.59. The van der Waals surface area contributed by atoms with E-state index in [2.05, 4.69) is 29.3 Å². The van der Waals surface area contributed by atoms with Crippen LogP contribution in [0.15, 0.2) is 69.9 Å². The highest BCUT2D eigenvalue weighted by molar-refractivity contribution is 5.92. The second-order valence-corrected chi connectivity index (χ2v) is 8.07. The highest BCUT2D eigenvalue weighted by atomic mass is 16.3. The Morgan fingerprint density at radius 1 is 1.00 bits per heavy atom. The van der Waals surface area contributed by atoms with Crippen LogP contribution in [0.3, 0.4) is 0 Å². The summed E-state index contributed by atoms with van der Waals surface area (Å²) in [7, 11) is 0. The molecule has 3 heterocycles. The minimum absolute atomic E-state index is 0.0624. The lowest BCUT2D eigenvalue weighted by atomic mass is 9.99. The van der Waals surface area contributed by atoms with Crippen molar-refractivity contribution in [3.05, 3.63) is 72.6 Å². The molecule has 0 aliphatic carbocycles. The Morgan fingerprint density at radius 3 is 2.13 bits per heavy atom. The average Bonchev–Trinajstić information content (AvgIpc) is 3.43. The van der Waals surface area contributed by atoms with Crippen LogP contribution < -0.4 is 10.2 Å². The molecule has 1 N–H and O–H groups in total. The minimum Gasteiger partial charge on any atom is -0.468 e. The number of nitrogens with one attached hydrogen (secondary N) is 1. The van der Waals surface area contributed by atoms with Gasteiger partial charge in [-0.05, 0) is 67.3 Å². The fraction of sp³-hybridized carbons (Fsp3) is 0.375. The Bertz CT molecular complexity index is 860. The molecule has 0 saturated carbocycles. The zero-order valence-electron chi connectivity index (χ0n) is 17.4. The van der Waals surface area contributed by atoms with Crippen molar-refractivity contribution >= 4 is 17.3 Å². The molecule has 158 valence electrons. The molecule has 1 aliphatic heterocycles. The summed E-state index contributed by atoms with van der Waals surface area (Å²) >= 11 is 0. The van der Waals surface area contributed by atoms with E-state index in [9.17, 15) is 4.79 Å². The first-order valence-electron chi connectivity index (χ1n) is 10.6. The summed E-state index contributed by atoms with van der Waals surface area (Å²) in [6.45, 7) is 5.83. The van der Waals surface area contributed by atoms with E-state index in [1.165, 1.54) is 18.5 Å². The maximum absolute atomic E-state index is 12.7. The molecule has 30 heavy (non-hydrogen) atoms. The molecule has 0 unspecified atom stereocenters. The summed E-state index contributed by atoms with van der Waals surface area (Å²) in [6, 6.07) is 15.7. The Kier molecular flexibility index (Phi) is 6.54. The van der Waals surface area contributed by atoms with Crippen LogP contribution in [0.25, 0.3) is 0 Å². The summed E-state index contributed by atoms with van der Waals surface area (Å²) in [4.78, 5) is 17.1. The number of furan rings is 2. The van der Waals surface area contributed by atoms with Gasteiger partial charge in [0.05, 0.1) is 32.2 Å². The number of amides is 1. The molecule has 0 bridgehead atoms. The van der Waals surface area contributed by atoms with Crippen molar-refractivity contribution < 1.29 is 13.6 Å². The van der Waals surface area contributed by atoms with Gasteiger partial charge in [-0.2, -0.15) is 0 Å². The number of carbonyl (C=O) groups is 1. The molecule has 3 aromatic rings. The van der Waals surface area contributed by atoms with Crippen molar-refractivity contribution in [1.29, 1.82) is 0 Å². The molecule has 1 amide bonds. The molecular weight excluding hydrogens is 378 g/mol. The normalized spacial score (nSPS) is 14.9. The summed E-state index contributed by atoms with van der Waals surface area (Å²) in [5.41, 5.74) is 2.03. The van der Waals surface area contributed by atoms with Crippen LogP contribution in [0.4, 0.5) is 11.4 Å². The number of hydrogen-bond acceptors (Lipinski definition) is 5. The third-order valence-corrected chi connectivity index (χ3v) is 5.59. The molecule has 6 nitrogen and oxygen atoms in total. The van der Waals surface area contributed by atoms with Crippen molar-refractivity contribution in [2.24, 2.45) is 5.92 Å². The SMILES string of the molecule is CC1CCN(c2ccc(NC(=O)CN(Cc3ccco3)Cc3ccco3)cc2)CC1. The van der Waals surface area contributed by atoms with Crippen LogP contribution in [0.5, 0.6) is 0 Å². The molecule has 4 rings (SSSR count). The fourth-order valence-corrected chi connectivity index (χ4v) is 3.84. The molecular formula is C24H29N3O3. The van der Waals surface area contributed by atoms with Crippen LogP contribution in [-0.4, -0.2) is 30.4 Å². The first kappa shape index (κ1) is 20.3. The predicted molar refractivity (Wildman–Crippen MR) is 117 cm³/mol. The van der Waals surface area contributed by atoms with E-state index in [1.54, 1.807) is 12.5 Å².